The molecule has 0 unspecified atom stereocenters. The van der Waals surface area contributed by atoms with Crippen LogP contribution in [-0.4, -0.2) is 67.3 Å². The number of nitriles is 1. The van der Waals surface area contributed by atoms with Crippen LogP contribution in [0.3, 0.4) is 0 Å². The van der Waals surface area contributed by atoms with Crippen LogP contribution in [0.5, 0.6) is 0 Å². The van der Waals surface area contributed by atoms with E-state index in [0.717, 1.165) is 29.8 Å². The van der Waals surface area contributed by atoms with Gasteiger partial charge in [-0.25, -0.2) is 19.2 Å². The van der Waals surface area contributed by atoms with E-state index in [9.17, 15) is 14.0 Å². The fourth-order valence-electron chi connectivity index (χ4n) is 4.52. The predicted molar refractivity (Wildman–Crippen MR) is 130 cm³/mol. The van der Waals surface area contributed by atoms with Crippen molar-refractivity contribution >= 4 is 23.6 Å². The van der Waals surface area contributed by atoms with Crippen LogP contribution < -0.4 is 10.2 Å². The molecule has 0 spiro atoms. The Morgan fingerprint density at radius 3 is 2.78 bits per heavy atom. The normalized spacial score (nSPS) is 16.9. The van der Waals surface area contributed by atoms with E-state index in [4.69, 9.17) is 24.5 Å². The van der Waals surface area contributed by atoms with Crippen LogP contribution in [0.15, 0.2) is 18.3 Å². The first kappa shape index (κ1) is 26.4. The van der Waals surface area contributed by atoms with Crippen LogP contribution in [-0.2, 0) is 32.0 Å². The quantitative estimate of drug-likeness (QED) is 0.561. The van der Waals surface area contributed by atoms with E-state index in [1.165, 1.54) is 19.1 Å². The standard InChI is InChI=1S/C25H29FN6O5/c1-31(23(33)19-7-5-9-37-19)14-16-10-15-6-4-8-32(22(15)30-21(16)24(35-2)36-3)25(34)29-20-11-18(26)17(12-27)13-28-20/h10-11,13,19,24H,4-9,14H2,1-3H3,(H,28,29,34)/t19-/m1/s1. The summed E-state index contributed by atoms with van der Waals surface area (Å²) in [5.41, 5.74) is 1.79. The number of fused-ring (bicyclic) bond motifs is 1. The molecule has 1 fully saturated rings. The first-order valence-electron chi connectivity index (χ1n) is 11.9. The van der Waals surface area contributed by atoms with E-state index in [1.807, 2.05) is 6.07 Å². The van der Waals surface area contributed by atoms with Gasteiger partial charge < -0.3 is 19.1 Å². The number of aryl methyl sites for hydroxylation is 1. The number of nitrogens with one attached hydrogen (secondary N) is 1. The summed E-state index contributed by atoms with van der Waals surface area (Å²) >= 11 is 0. The van der Waals surface area contributed by atoms with Gasteiger partial charge in [0.2, 0.25) is 6.29 Å². The molecule has 2 aromatic rings. The number of amides is 3. The van der Waals surface area contributed by atoms with Gasteiger partial charge in [0.05, 0.1) is 6.20 Å². The molecule has 0 saturated carbocycles. The molecule has 1 atom stereocenters. The molecule has 0 aromatic carbocycles. The molecule has 2 aliphatic rings. The lowest BCUT2D eigenvalue weighted by atomic mass is 10.0. The Hall–Kier alpha value is -3.66. The largest absolute Gasteiger partial charge is 0.368 e. The molecule has 2 aliphatic heterocycles. The predicted octanol–water partition coefficient (Wildman–Crippen LogP) is 2.90. The summed E-state index contributed by atoms with van der Waals surface area (Å²) in [6, 6.07) is 4.07. The second-order valence-corrected chi connectivity index (χ2v) is 8.86. The zero-order valence-electron chi connectivity index (χ0n) is 21.0. The maximum Gasteiger partial charge on any atom is 0.328 e. The molecule has 0 radical (unpaired) electrons. The highest BCUT2D eigenvalue weighted by Gasteiger charge is 2.31. The molecular weight excluding hydrogens is 483 g/mol. The van der Waals surface area contributed by atoms with Gasteiger partial charge in [0.25, 0.3) is 5.91 Å². The highest BCUT2D eigenvalue weighted by Crippen LogP contribution is 2.32. The number of pyridine rings is 2. The molecule has 3 amide bonds. The molecule has 0 aliphatic carbocycles. The summed E-state index contributed by atoms with van der Waals surface area (Å²) in [4.78, 5) is 37.7. The first-order valence-corrected chi connectivity index (χ1v) is 11.9. The summed E-state index contributed by atoms with van der Waals surface area (Å²) in [5.74, 6) is -0.479. The maximum atomic E-state index is 14.0. The average Bonchev–Trinajstić information content (AvgIpc) is 3.44. The number of halogens is 1. The van der Waals surface area contributed by atoms with Gasteiger partial charge in [-0.3, -0.25) is 15.0 Å². The van der Waals surface area contributed by atoms with Crippen LogP contribution in [0.1, 0.15) is 47.9 Å². The van der Waals surface area contributed by atoms with Gasteiger partial charge in [0.1, 0.15) is 40.9 Å². The fourth-order valence-corrected chi connectivity index (χ4v) is 4.52. The number of anilines is 2. The van der Waals surface area contributed by atoms with Gasteiger partial charge in [-0.2, -0.15) is 5.26 Å². The Bertz CT molecular complexity index is 1210. The second kappa shape index (κ2) is 11.6. The van der Waals surface area contributed by atoms with Crippen molar-refractivity contribution in [2.45, 2.75) is 44.6 Å². The van der Waals surface area contributed by atoms with Crippen molar-refractivity contribution in [2.24, 2.45) is 0 Å². The number of hydrogen-bond acceptors (Lipinski definition) is 8. The summed E-state index contributed by atoms with van der Waals surface area (Å²) in [6.45, 7) is 1.22. The molecule has 1 N–H and O–H groups in total. The minimum atomic E-state index is -0.826. The van der Waals surface area contributed by atoms with E-state index in [0.29, 0.717) is 43.9 Å². The number of ether oxygens (including phenoxy) is 3. The van der Waals surface area contributed by atoms with Gasteiger partial charge >= 0.3 is 6.03 Å². The van der Waals surface area contributed by atoms with E-state index < -0.39 is 24.2 Å². The number of methoxy groups -OCH3 is 2. The van der Waals surface area contributed by atoms with Crippen molar-refractivity contribution in [3.63, 3.8) is 0 Å². The smallest absolute Gasteiger partial charge is 0.328 e. The van der Waals surface area contributed by atoms with Crippen molar-refractivity contribution in [2.75, 3.05) is 44.6 Å². The number of hydrogen-bond donors (Lipinski definition) is 1. The molecule has 4 rings (SSSR count). The molecule has 12 heteroatoms. The van der Waals surface area contributed by atoms with E-state index in [2.05, 4.69) is 10.3 Å². The lowest BCUT2D eigenvalue weighted by molar-refractivity contribution is -0.140. The molecular formula is C25H29FN6O5. The lowest BCUT2D eigenvalue weighted by Gasteiger charge is -2.31. The summed E-state index contributed by atoms with van der Waals surface area (Å²) < 4.78 is 30.5. The van der Waals surface area contributed by atoms with Crippen molar-refractivity contribution in [1.82, 2.24) is 14.9 Å². The molecule has 1 saturated heterocycles. The number of carbonyl (C=O) groups is 2. The number of carbonyl (C=O) groups excluding carboxylic acids is 2. The molecule has 4 heterocycles. The molecule has 11 nitrogen and oxygen atoms in total. The third-order valence-electron chi connectivity index (χ3n) is 6.37. The molecule has 0 bridgehead atoms. The number of rotatable bonds is 7. The van der Waals surface area contributed by atoms with Gasteiger partial charge in [0, 0.05) is 47.0 Å². The highest BCUT2D eigenvalue weighted by atomic mass is 19.1. The van der Waals surface area contributed by atoms with E-state index in [1.54, 1.807) is 18.0 Å². The monoisotopic (exact) mass is 512 g/mol. The number of nitrogens with zero attached hydrogens (tertiary/aromatic N) is 5. The first-order chi connectivity index (χ1) is 17.9. The summed E-state index contributed by atoms with van der Waals surface area (Å²) in [7, 11) is 4.68. The minimum Gasteiger partial charge on any atom is -0.368 e. The third kappa shape index (κ3) is 5.69. The minimum absolute atomic E-state index is 0.0219. The van der Waals surface area contributed by atoms with Crippen molar-refractivity contribution in [3.05, 3.63) is 46.5 Å². The van der Waals surface area contributed by atoms with Crippen molar-refractivity contribution in [1.29, 1.82) is 5.26 Å². The van der Waals surface area contributed by atoms with E-state index in [-0.39, 0.29) is 23.8 Å². The molecule has 196 valence electrons. The Kier molecular flexibility index (Phi) is 8.27. The SMILES string of the molecule is COC(OC)c1nc2c(cc1CN(C)C(=O)[C@H]1CCCO1)CCCN2C(=O)Nc1cc(F)c(C#N)cn1. The maximum absolute atomic E-state index is 14.0. The number of aromatic nitrogens is 2. The lowest BCUT2D eigenvalue weighted by Crippen LogP contribution is -2.40. The molecule has 2 aromatic heterocycles. The van der Waals surface area contributed by atoms with Crippen LogP contribution >= 0.6 is 0 Å². The van der Waals surface area contributed by atoms with Crippen molar-refractivity contribution < 1.29 is 28.2 Å². The van der Waals surface area contributed by atoms with Crippen LogP contribution in [0.25, 0.3) is 0 Å². The van der Waals surface area contributed by atoms with Gasteiger partial charge in [0.15, 0.2) is 0 Å². The fraction of sp³-hybridized carbons (Fsp3) is 0.480. The van der Waals surface area contributed by atoms with Crippen LogP contribution in [0, 0.1) is 17.1 Å². The number of likely N-dealkylation sites (N-methyl/N-ethyl adjacent to an activating group) is 1. The van der Waals surface area contributed by atoms with Gasteiger partial charge in [-0.1, -0.05) is 0 Å². The highest BCUT2D eigenvalue weighted by molar-refractivity contribution is 6.01. The van der Waals surface area contributed by atoms with E-state index >= 15 is 0 Å². The summed E-state index contributed by atoms with van der Waals surface area (Å²) in [5, 5.41) is 11.5. The Balaban J connectivity index is 1.62. The second-order valence-electron chi connectivity index (χ2n) is 8.86. The van der Waals surface area contributed by atoms with Crippen LogP contribution in [0.4, 0.5) is 20.8 Å². The Labute approximate surface area is 214 Å². The van der Waals surface area contributed by atoms with Crippen molar-refractivity contribution in [3.8, 4) is 6.07 Å². The van der Waals surface area contributed by atoms with Gasteiger partial charge in [-0.15, -0.1) is 0 Å². The summed E-state index contributed by atoms with van der Waals surface area (Å²) in [6.07, 6.45) is 2.70. The zero-order chi connectivity index (χ0) is 26.5. The van der Waals surface area contributed by atoms with Crippen LogP contribution in [0.2, 0.25) is 0 Å². The zero-order valence-corrected chi connectivity index (χ0v) is 21.0. The average molecular weight is 513 g/mol. The Morgan fingerprint density at radius 1 is 1.35 bits per heavy atom. The molecule has 37 heavy (non-hydrogen) atoms. The topological polar surface area (TPSA) is 130 Å². The number of urea groups is 1. The van der Waals surface area contributed by atoms with Gasteiger partial charge in [-0.05, 0) is 42.9 Å². The Morgan fingerprint density at radius 2 is 2.14 bits per heavy atom. The third-order valence-corrected chi connectivity index (χ3v) is 6.37.